The summed E-state index contributed by atoms with van der Waals surface area (Å²) in [5.74, 6) is 1.63. The summed E-state index contributed by atoms with van der Waals surface area (Å²) in [6, 6.07) is 10.5. The fourth-order valence-corrected chi connectivity index (χ4v) is 4.19. The Balaban J connectivity index is 1.71. The number of hydrogen-bond acceptors (Lipinski definition) is 2. The van der Waals surface area contributed by atoms with Crippen molar-refractivity contribution in [2.24, 2.45) is 17.8 Å². The number of carbonyl (C=O) groups excluding carboxylic acids is 2. The van der Waals surface area contributed by atoms with Gasteiger partial charge in [-0.15, -0.1) is 0 Å². The minimum Gasteiger partial charge on any atom is -0.356 e. The second kappa shape index (κ2) is 6.11. The second-order valence-electron chi connectivity index (χ2n) is 6.76. The van der Waals surface area contributed by atoms with E-state index in [-0.39, 0.29) is 11.8 Å². The predicted octanol–water partition coefficient (Wildman–Crippen LogP) is 2.20. The molecule has 1 aliphatic heterocycles. The average molecular weight is 300 g/mol. The van der Waals surface area contributed by atoms with E-state index in [1.165, 1.54) is 5.56 Å². The summed E-state index contributed by atoms with van der Waals surface area (Å²) in [6.45, 7) is 5.21. The maximum atomic E-state index is 12.4. The Kier molecular flexibility index (Phi) is 4.19. The summed E-state index contributed by atoms with van der Waals surface area (Å²) in [7, 11) is 0. The minimum atomic E-state index is 0.0149. The molecule has 1 heterocycles. The van der Waals surface area contributed by atoms with E-state index in [1.807, 2.05) is 18.2 Å². The van der Waals surface area contributed by atoms with E-state index in [0.29, 0.717) is 43.3 Å². The lowest BCUT2D eigenvalue weighted by molar-refractivity contribution is -0.129. The van der Waals surface area contributed by atoms with Crippen molar-refractivity contribution >= 4 is 11.8 Å². The third kappa shape index (κ3) is 2.87. The number of likely N-dealkylation sites (tertiary alicyclic amines) is 1. The molecule has 0 unspecified atom stereocenters. The quantitative estimate of drug-likeness (QED) is 0.926. The van der Waals surface area contributed by atoms with Crippen LogP contribution in [0.4, 0.5) is 0 Å². The van der Waals surface area contributed by atoms with Crippen LogP contribution in [0.25, 0.3) is 0 Å². The Bertz CT molecular complexity index is 557. The van der Waals surface area contributed by atoms with E-state index in [1.54, 1.807) is 6.92 Å². The maximum Gasteiger partial charge on any atom is 0.223 e. The average Bonchev–Trinajstić information content (AvgIpc) is 2.94. The van der Waals surface area contributed by atoms with Crippen LogP contribution in [0, 0.1) is 17.8 Å². The van der Waals surface area contributed by atoms with E-state index in [0.717, 1.165) is 6.42 Å². The zero-order chi connectivity index (χ0) is 15.7. The normalized spacial score (nSPS) is 30.5. The molecule has 0 aromatic heterocycles. The number of amides is 2. The van der Waals surface area contributed by atoms with Crippen molar-refractivity contribution in [1.29, 1.82) is 0 Å². The first-order valence-corrected chi connectivity index (χ1v) is 8.14. The standard InChI is InChI=1S/C18H24N2O2/c1-12-8-17-15(16(12)10-19-13(2)21)9-18(22)20(17)11-14-6-4-3-5-7-14/h3-7,12,15-17H,8-11H2,1-2H3,(H,19,21)/t12-,15-,16+,17+/m0/s1. The lowest BCUT2D eigenvalue weighted by atomic mass is 9.88. The Morgan fingerprint density at radius 2 is 2.05 bits per heavy atom. The van der Waals surface area contributed by atoms with Crippen LogP contribution in [0.15, 0.2) is 30.3 Å². The Hall–Kier alpha value is -1.84. The smallest absolute Gasteiger partial charge is 0.223 e. The van der Waals surface area contributed by atoms with Crippen LogP contribution in [-0.2, 0) is 16.1 Å². The SMILES string of the molecule is CC(=O)NC[C@H]1[C@@H]2CC(=O)N(Cc3ccccc3)[C@@H]2C[C@@H]1C. The fraction of sp³-hybridized carbons (Fsp3) is 0.556. The van der Waals surface area contributed by atoms with Crippen molar-refractivity contribution in [1.82, 2.24) is 10.2 Å². The van der Waals surface area contributed by atoms with Gasteiger partial charge in [0.25, 0.3) is 0 Å². The van der Waals surface area contributed by atoms with Crippen LogP contribution in [0.2, 0.25) is 0 Å². The molecule has 0 radical (unpaired) electrons. The van der Waals surface area contributed by atoms with Crippen molar-refractivity contribution < 1.29 is 9.59 Å². The summed E-state index contributed by atoms with van der Waals surface area (Å²) in [4.78, 5) is 25.7. The Morgan fingerprint density at radius 1 is 1.32 bits per heavy atom. The molecule has 4 atom stereocenters. The number of hydrogen-bond donors (Lipinski definition) is 1. The predicted molar refractivity (Wildman–Crippen MR) is 84.8 cm³/mol. The molecule has 1 aromatic rings. The van der Waals surface area contributed by atoms with Gasteiger partial charge in [0, 0.05) is 32.5 Å². The highest BCUT2D eigenvalue weighted by Crippen LogP contribution is 2.46. The molecule has 0 spiro atoms. The highest BCUT2D eigenvalue weighted by Gasteiger charge is 2.50. The molecule has 1 aliphatic carbocycles. The molecule has 1 N–H and O–H groups in total. The molecular weight excluding hydrogens is 276 g/mol. The second-order valence-corrected chi connectivity index (χ2v) is 6.76. The molecule has 118 valence electrons. The number of rotatable bonds is 4. The highest BCUT2D eigenvalue weighted by atomic mass is 16.2. The zero-order valence-electron chi connectivity index (χ0n) is 13.3. The molecule has 0 bridgehead atoms. The Labute approximate surface area is 131 Å². The molecule has 2 amide bonds. The molecule has 3 rings (SSSR count). The summed E-state index contributed by atoms with van der Waals surface area (Å²) >= 11 is 0. The lowest BCUT2D eigenvalue weighted by Gasteiger charge is -2.24. The first-order valence-electron chi connectivity index (χ1n) is 8.14. The molecule has 22 heavy (non-hydrogen) atoms. The van der Waals surface area contributed by atoms with Crippen LogP contribution in [-0.4, -0.2) is 29.3 Å². The summed E-state index contributed by atoms with van der Waals surface area (Å²) in [5.41, 5.74) is 1.19. The van der Waals surface area contributed by atoms with Gasteiger partial charge in [-0.1, -0.05) is 37.3 Å². The topological polar surface area (TPSA) is 49.4 Å². The Morgan fingerprint density at radius 3 is 2.73 bits per heavy atom. The summed E-state index contributed by atoms with van der Waals surface area (Å²) < 4.78 is 0. The van der Waals surface area contributed by atoms with E-state index in [9.17, 15) is 9.59 Å². The van der Waals surface area contributed by atoms with Gasteiger partial charge < -0.3 is 10.2 Å². The summed E-state index contributed by atoms with van der Waals surface area (Å²) in [5, 5.41) is 2.94. The van der Waals surface area contributed by atoms with Gasteiger partial charge in [-0.2, -0.15) is 0 Å². The number of carbonyl (C=O) groups is 2. The molecule has 1 saturated heterocycles. The van der Waals surface area contributed by atoms with Crippen molar-refractivity contribution in [3.8, 4) is 0 Å². The van der Waals surface area contributed by atoms with Gasteiger partial charge in [0.15, 0.2) is 0 Å². The van der Waals surface area contributed by atoms with Crippen molar-refractivity contribution in [3.63, 3.8) is 0 Å². The monoisotopic (exact) mass is 300 g/mol. The van der Waals surface area contributed by atoms with Crippen molar-refractivity contribution in [2.75, 3.05) is 6.54 Å². The minimum absolute atomic E-state index is 0.0149. The third-order valence-electron chi connectivity index (χ3n) is 5.30. The van der Waals surface area contributed by atoms with Crippen molar-refractivity contribution in [3.05, 3.63) is 35.9 Å². The van der Waals surface area contributed by atoms with Gasteiger partial charge in [-0.05, 0) is 29.7 Å². The maximum absolute atomic E-state index is 12.4. The lowest BCUT2D eigenvalue weighted by Crippen LogP contribution is -2.34. The zero-order valence-corrected chi connectivity index (χ0v) is 13.3. The van der Waals surface area contributed by atoms with E-state index < -0.39 is 0 Å². The van der Waals surface area contributed by atoms with Gasteiger partial charge in [-0.3, -0.25) is 9.59 Å². The van der Waals surface area contributed by atoms with Gasteiger partial charge in [-0.25, -0.2) is 0 Å². The van der Waals surface area contributed by atoms with Gasteiger partial charge >= 0.3 is 0 Å². The van der Waals surface area contributed by atoms with Gasteiger partial charge in [0.2, 0.25) is 11.8 Å². The van der Waals surface area contributed by atoms with Crippen LogP contribution < -0.4 is 5.32 Å². The fourth-order valence-electron chi connectivity index (χ4n) is 4.19. The largest absolute Gasteiger partial charge is 0.356 e. The molecular formula is C18H24N2O2. The highest BCUT2D eigenvalue weighted by molar-refractivity contribution is 5.79. The van der Waals surface area contributed by atoms with E-state index in [4.69, 9.17) is 0 Å². The van der Waals surface area contributed by atoms with Crippen LogP contribution in [0.5, 0.6) is 0 Å². The van der Waals surface area contributed by atoms with Crippen LogP contribution in [0.3, 0.4) is 0 Å². The number of benzene rings is 1. The van der Waals surface area contributed by atoms with E-state index in [2.05, 4.69) is 29.3 Å². The van der Waals surface area contributed by atoms with Crippen LogP contribution in [0.1, 0.15) is 32.3 Å². The number of fused-ring (bicyclic) bond motifs is 1. The molecule has 4 heteroatoms. The number of nitrogens with one attached hydrogen (secondary N) is 1. The van der Waals surface area contributed by atoms with Crippen LogP contribution >= 0.6 is 0 Å². The van der Waals surface area contributed by atoms with Gasteiger partial charge in [0.05, 0.1) is 0 Å². The number of nitrogens with zero attached hydrogens (tertiary/aromatic N) is 1. The first-order chi connectivity index (χ1) is 10.6. The van der Waals surface area contributed by atoms with Crippen molar-refractivity contribution in [2.45, 2.75) is 39.3 Å². The molecule has 1 aromatic carbocycles. The molecule has 1 saturated carbocycles. The van der Waals surface area contributed by atoms with E-state index >= 15 is 0 Å². The molecule has 2 fully saturated rings. The molecule has 2 aliphatic rings. The summed E-state index contributed by atoms with van der Waals surface area (Å²) in [6.07, 6.45) is 1.68. The molecule has 4 nitrogen and oxygen atoms in total. The first kappa shape index (κ1) is 15.1. The third-order valence-corrected chi connectivity index (χ3v) is 5.30. The van der Waals surface area contributed by atoms with Gasteiger partial charge in [0.1, 0.15) is 0 Å².